The zero-order valence-corrected chi connectivity index (χ0v) is 7.66. The zero-order chi connectivity index (χ0) is 11.5. The predicted octanol–water partition coefficient (Wildman–Crippen LogP) is 2.59. The van der Waals surface area contributed by atoms with Crippen LogP contribution in [0.4, 0.5) is 13.2 Å². The van der Waals surface area contributed by atoms with E-state index in [1.165, 1.54) is 0 Å². The first-order chi connectivity index (χ1) is 6.93. The summed E-state index contributed by atoms with van der Waals surface area (Å²) in [7, 11) is 0. The van der Waals surface area contributed by atoms with E-state index in [1.807, 2.05) is 0 Å². The number of rotatable bonds is 3. The molecule has 0 aliphatic rings. The van der Waals surface area contributed by atoms with E-state index in [0.717, 1.165) is 30.3 Å². The van der Waals surface area contributed by atoms with Crippen LogP contribution in [0.3, 0.4) is 0 Å². The van der Waals surface area contributed by atoms with Crippen molar-refractivity contribution in [1.82, 2.24) is 0 Å². The van der Waals surface area contributed by atoms with Crippen molar-refractivity contribution < 1.29 is 23.0 Å². The molecule has 0 spiro atoms. The summed E-state index contributed by atoms with van der Waals surface area (Å²) in [5.41, 5.74) is -0.761. The Morgan fingerprint density at radius 1 is 1.27 bits per heavy atom. The molecule has 1 N–H and O–H groups in total. The minimum Gasteiger partial charge on any atom is -0.461 e. The van der Waals surface area contributed by atoms with Crippen molar-refractivity contribution in [1.29, 1.82) is 0 Å². The summed E-state index contributed by atoms with van der Waals surface area (Å²) in [4.78, 5) is 0. The summed E-state index contributed by atoms with van der Waals surface area (Å²) in [6.07, 6.45) is -4.46. The van der Waals surface area contributed by atoms with Crippen molar-refractivity contribution in [2.45, 2.75) is 12.5 Å². The zero-order valence-electron chi connectivity index (χ0n) is 7.66. The molecule has 0 bridgehead atoms. The quantitative estimate of drug-likeness (QED) is 0.624. The average Bonchev–Trinajstić information content (AvgIpc) is 2.17. The number of aliphatic hydroxyl groups excluding tert-OH is 1. The van der Waals surface area contributed by atoms with Gasteiger partial charge in [-0.25, -0.2) is 0 Å². The molecule has 1 aromatic rings. The molecule has 0 aliphatic heterocycles. The molecule has 1 rings (SSSR count). The lowest BCUT2D eigenvalue weighted by molar-refractivity contribution is -0.137. The number of alkyl halides is 3. The summed E-state index contributed by atoms with van der Waals surface area (Å²) in [5, 5.41) is 8.98. The molecule has 1 unspecified atom stereocenters. The standard InChI is InChI=1S/C10H9F3O2/c1-2-9(14)15-8-5-3-7(4-6-8)10(11,12)13/h2-6,9,14H,1H2. The van der Waals surface area contributed by atoms with Crippen LogP contribution in [0.2, 0.25) is 0 Å². The first kappa shape index (κ1) is 11.6. The summed E-state index contributed by atoms with van der Waals surface area (Å²) < 4.78 is 41.2. The lowest BCUT2D eigenvalue weighted by atomic mass is 10.2. The van der Waals surface area contributed by atoms with Crippen molar-refractivity contribution in [3.8, 4) is 5.75 Å². The normalized spacial score (nSPS) is 13.3. The Morgan fingerprint density at radius 3 is 2.20 bits per heavy atom. The summed E-state index contributed by atoms with van der Waals surface area (Å²) in [5.74, 6) is 0.149. The fourth-order valence-electron chi connectivity index (χ4n) is 0.910. The number of halogens is 3. The van der Waals surface area contributed by atoms with Crippen molar-refractivity contribution in [3.63, 3.8) is 0 Å². The molecule has 2 nitrogen and oxygen atoms in total. The third-order valence-electron chi connectivity index (χ3n) is 1.64. The van der Waals surface area contributed by atoms with Crippen molar-refractivity contribution >= 4 is 0 Å². The minimum absolute atomic E-state index is 0.149. The van der Waals surface area contributed by atoms with Gasteiger partial charge in [0.1, 0.15) is 5.75 Å². The van der Waals surface area contributed by atoms with E-state index in [1.54, 1.807) is 0 Å². The molecule has 0 fully saturated rings. The summed E-state index contributed by atoms with van der Waals surface area (Å²) in [6, 6.07) is 4.03. The fraction of sp³-hybridized carbons (Fsp3) is 0.200. The largest absolute Gasteiger partial charge is 0.461 e. The summed E-state index contributed by atoms with van der Waals surface area (Å²) >= 11 is 0. The van der Waals surface area contributed by atoms with Gasteiger partial charge in [0.2, 0.25) is 6.29 Å². The fourth-order valence-corrected chi connectivity index (χ4v) is 0.910. The molecule has 0 aromatic heterocycles. The van der Waals surface area contributed by atoms with Crippen molar-refractivity contribution in [3.05, 3.63) is 42.5 Å². The molecule has 5 heteroatoms. The predicted molar refractivity (Wildman–Crippen MR) is 48.3 cm³/mol. The van der Waals surface area contributed by atoms with Gasteiger partial charge in [-0.2, -0.15) is 13.2 Å². The van der Waals surface area contributed by atoms with Crippen LogP contribution in [0, 0.1) is 0 Å². The van der Waals surface area contributed by atoms with Crippen LogP contribution < -0.4 is 4.74 Å². The second kappa shape index (κ2) is 4.35. The Hall–Kier alpha value is -1.49. The van der Waals surface area contributed by atoms with Gasteiger partial charge in [-0.05, 0) is 30.3 Å². The number of aliphatic hydroxyl groups is 1. The van der Waals surface area contributed by atoms with Gasteiger partial charge in [0, 0.05) is 0 Å². The third kappa shape index (κ3) is 3.28. The van der Waals surface area contributed by atoms with Crippen LogP contribution in [0.15, 0.2) is 36.9 Å². The SMILES string of the molecule is C=CC(O)Oc1ccc(C(F)(F)F)cc1. The Balaban J connectivity index is 2.77. The van der Waals surface area contributed by atoms with Crippen LogP contribution in [-0.2, 0) is 6.18 Å². The van der Waals surface area contributed by atoms with Crippen LogP contribution in [-0.4, -0.2) is 11.4 Å². The smallest absolute Gasteiger partial charge is 0.416 e. The molecule has 0 amide bonds. The Bertz CT molecular complexity index is 330. The molecule has 0 saturated heterocycles. The highest BCUT2D eigenvalue weighted by atomic mass is 19.4. The van der Waals surface area contributed by atoms with Gasteiger partial charge in [0.15, 0.2) is 0 Å². The van der Waals surface area contributed by atoms with Crippen molar-refractivity contribution in [2.75, 3.05) is 0 Å². The van der Waals surface area contributed by atoms with Gasteiger partial charge < -0.3 is 9.84 Å². The highest BCUT2D eigenvalue weighted by Gasteiger charge is 2.30. The third-order valence-corrected chi connectivity index (χ3v) is 1.64. The number of hydrogen-bond donors (Lipinski definition) is 1. The maximum atomic E-state index is 12.1. The lowest BCUT2D eigenvalue weighted by Gasteiger charge is -2.10. The van der Waals surface area contributed by atoms with E-state index < -0.39 is 18.0 Å². The minimum atomic E-state index is -4.37. The Morgan fingerprint density at radius 2 is 1.80 bits per heavy atom. The van der Waals surface area contributed by atoms with Crippen LogP contribution in [0.1, 0.15) is 5.56 Å². The van der Waals surface area contributed by atoms with Crippen LogP contribution >= 0.6 is 0 Å². The maximum Gasteiger partial charge on any atom is 0.416 e. The highest BCUT2D eigenvalue weighted by Crippen LogP contribution is 2.30. The number of benzene rings is 1. The molecule has 0 heterocycles. The van der Waals surface area contributed by atoms with Gasteiger partial charge in [0.25, 0.3) is 0 Å². The van der Waals surface area contributed by atoms with Gasteiger partial charge in [-0.1, -0.05) is 6.58 Å². The second-order valence-corrected chi connectivity index (χ2v) is 2.77. The monoisotopic (exact) mass is 218 g/mol. The van der Waals surface area contributed by atoms with Crippen molar-refractivity contribution in [2.24, 2.45) is 0 Å². The van der Waals surface area contributed by atoms with Crippen LogP contribution in [0.5, 0.6) is 5.75 Å². The lowest BCUT2D eigenvalue weighted by Crippen LogP contribution is -2.11. The Labute approximate surface area is 84.6 Å². The topological polar surface area (TPSA) is 29.5 Å². The highest BCUT2D eigenvalue weighted by molar-refractivity contribution is 5.29. The molecule has 0 radical (unpaired) electrons. The summed E-state index contributed by atoms with van der Waals surface area (Å²) in [6.45, 7) is 3.26. The van der Waals surface area contributed by atoms with Gasteiger partial charge in [0.05, 0.1) is 5.56 Å². The van der Waals surface area contributed by atoms with E-state index in [0.29, 0.717) is 0 Å². The molecule has 15 heavy (non-hydrogen) atoms. The van der Waals surface area contributed by atoms with E-state index in [-0.39, 0.29) is 5.75 Å². The first-order valence-corrected chi connectivity index (χ1v) is 4.08. The molecule has 0 saturated carbocycles. The first-order valence-electron chi connectivity index (χ1n) is 4.08. The maximum absolute atomic E-state index is 12.1. The molecule has 82 valence electrons. The van der Waals surface area contributed by atoms with Gasteiger partial charge in [-0.15, -0.1) is 0 Å². The molecule has 0 aliphatic carbocycles. The average molecular weight is 218 g/mol. The van der Waals surface area contributed by atoms with E-state index in [2.05, 4.69) is 6.58 Å². The Kier molecular flexibility index (Phi) is 3.36. The van der Waals surface area contributed by atoms with E-state index in [4.69, 9.17) is 9.84 Å². The second-order valence-electron chi connectivity index (χ2n) is 2.77. The van der Waals surface area contributed by atoms with Gasteiger partial charge >= 0.3 is 6.18 Å². The van der Waals surface area contributed by atoms with E-state index >= 15 is 0 Å². The molecular weight excluding hydrogens is 209 g/mol. The van der Waals surface area contributed by atoms with E-state index in [9.17, 15) is 13.2 Å². The van der Waals surface area contributed by atoms with Gasteiger partial charge in [-0.3, -0.25) is 0 Å². The molecule has 1 atom stereocenters. The number of ether oxygens (including phenoxy) is 1. The molecule has 1 aromatic carbocycles. The molecular formula is C10H9F3O2. The number of hydrogen-bond acceptors (Lipinski definition) is 2. The van der Waals surface area contributed by atoms with Crippen LogP contribution in [0.25, 0.3) is 0 Å².